The summed E-state index contributed by atoms with van der Waals surface area (Å²) < 4.78 is 0. The predicted octanol–water partition coefficient (Wildman–Crippen LogP) is 1.58. The summed E-state index contributed by atoms with van der Waals surface area (Å²) in [5.41, 5.74) is 1.21. The van der Waals surface area contributed by atoms with E-state index in [1.54, 1.807) is 0 Å². The van der Waals surface area contributed by atoms with Gasteiger partial charge in [-0.05, 0) is 24.2 Å². The van der Waals surface area contributed by atoms with Crippen LogP contribution in [0.1, 0.15) is 26.7 Å². The van der Waals surface area contributed by atoms with Crippen molar-refractivity contribution in [3.05, 3.63) is 12.2 Å². The van der Waals surface area contributed by atoms with E-state index in [1.807, 2.05) is 0 Å². The van der Waals surface area contributed by atoms with E-state index in [2.05, 4.69) is 20.4 Å². The quantitative estimate of drug-likeness (QED) is 0.640. The molecule has 0 aliphatic heterocycles. The van der Waals surface area contributed by atoms with Crippen LogP contribution in [-0.4, -0.2) is 23.4 Å². The molecule has 2 nitrogen and oxygen atoms in total. The molecule has 2 atom stereocenters. The monoisotopic (exact) mass is 184 g/mol. The van der Waals surface area contributed by atoms with Gasteiger partial charge in [-0.1, -0.05) is 26.0 Å². The predicted molar refractivity (Wildman–Crippen MR) is 53.3 cm³/mol. The Bertz CT molecular complexity index is 196. The lowest BCUT2D eigenvalue weighted by Crippen LogP contribution is -2.34. The molecule has 0 amide bonds. The van der Waals surface area contributed by atoms with Crippen LogP contribution >= 0.6 is 0 Å². The molecule has 0 saturated heterocycles. The average molecular weight is 184 g/mol. The van der Waals surface area contributed by atoms with Crippen LogP contribution in [0.2, 0.25) is 0 Å². The first-order chi connectivity index (χ1) is 6.01. The highest BCUT2D eigenvalue weighted by Gasteiger charge is 2.36. The highest BCUT2D eigenvalue weighted by Crippen LogP contribution is 2.44. The first kappa shape index (κ1) is 10.7. The van der Waals surface area contributed by atoms with Gasteiger partial charge >= 0.3 is 0 Å². The molecule has 0 spiro atoms. The third-order valence-corrected chi connectivity index (χ3v) is 3.26. The lowest BCUT2D eigenvalue weighted by Gasteiger charge is -2.41. The number of aliphatic hydroxyl groups excluding tert-OH is 2. The van der Waals surface area contributed by atoms with Crippen molar-refractivity contribution in [1.82, 2.24) is 0 Å². The van der Waals surface area contributed by atoms with Gasteiger partial charge in [0.15, 0.2) is 0 Å². The Kier molecular flexibility index (Phi) is 3.14. The molecule has 2 heteroatoms. The third-order valence-electron chi connectivity index (χ3n) is 3.26. The maximum absolute atomic E-state index is 9.16. The largest absolute Gasteiger partial charge is 0.396 e. The summed E-state index contributed by atoms with van der Waals surface area (Å²) in [6, 6.07) is 0. The molecule has 0 aromatic rings. The van der Waals surface area contributed by atoms with Gasteiger partial charge in [0.05, 0.1) is 0 Å². The average Bonchev–Trinajstić information content (AvgIpc) is 2.09. The number of aliphatic hydroxyl groups is 2. The summed E-state index contributed by atoms with van der Waals surface area (Å²) in [6.07, 6.45) is 1.87. The molecular weight excluding hydrogens is 164 g/mol. The van der Waals surface area contributed by atoms with Crippen LogP contribution in [0.15, 0.2) is 12.2 Å². The fraction of sp³-hybridized carbons (Fsp3) is 0.818. The smallest absolute Gasteiger partial charge is 0.0496 e. The van der Waals surface area contributed by atoms with E-state index in [1.165, 1.54) is 0 Å². The second-order valence-corrected chi connectivity index (χ2v) is 4.78. The summed E-state index contributed by atoms with van der Waals surface area (Å²) in [5.74, 6) is 0.513. The Balaban J connectivity index is 2.75. The molecule has 0 aromatic heterocycles. The lowest BCUT2D eigenvalue weighted by molar-refractivity contribution is 0.103. The van der Waals surface area contributed by atoms with Crippen LogP contribution in [0.5, 0.6) is 0 Å². The van der Waals surface area contributed by atoms with E-state index in [-0.39, 0.29) is 24.5 Å². The van der Waals surface area contributed by atoms with Crippen LogP contribution < -0.4 is 0 Å². The van der Waals surface area contributed by atoms with Gasteiger partial charge in [-0.3, -0.25) is 0 Å². The second-order valence-electron chi connectivity index (χ2n) is 4.78. The van der Waals surface area contributed by atoms with Crippen molar-refractivity contribution in [2.75, 3.05) is 13.2 Å². The highest BCUT2D eigenvalue weighted by atomic mass is 16.3. The zero-order valence-corrected chi connectivity index (χ0v) is 8.58. The normalized spacial score (nSPS) is 33.4. The maximum atomic E-state index is 9.16. The zero-order valence-electron chi connectivity index (χ0n) is 8.58. The fourth-order valence-corrected chi connectivity index (χ4v) is 2.36. The summed E-state index contributed by atoms with van der Waals surface area (Å²) >= 11 is 0. The first-order valence-electron chi connectivity index (χ1n) is 4.92. The van der Waals surface area contributed by atoms with E-state index < -0.39 is 0 Å². The molecule has 1 aliphatic rings. The summed E-state index contributed by atoms with van der Waals surface area (Å²) in [4.78, 5) is 0. The summed E-state index contributed by atoms with van der Waals surface area (Å²) in [6.45, 7) is 8.72. The molecule has 2 unspecified atom stereocenters. The van der Waals surface area contributed by atoms with Gasteiger partial charge in [-0.25, -0.2) is 0 Å². The number of rotatable bonds is 2. The highest BCUT2D eigenvalue weighted by molar-refractivity contribution is 5.15. The molecule has 1 aliphatic carbocycles. The van der Waals surface area contributed by atoms with Gasteiger partial charge in [-0.15, -0.1) is 0 Å². The van der Waals surface area contributed by atoms with E-state index in [9.17, 15) is 0 Å². The molecule has 76 valence electrons. The molecule has 0 aromatic carbocycles. The molecule has 1 rings (SSSR count). The molecule has 0 radical (unpaired) electrons. The van der Waals surface area contributed by atoms with Crippen molar-refractivity contribution in [3.8, 4) is 0 Å². The minimum absolute atomic E-state index is 0.0685. The molecule has 0 heterocycles. The van der Waals surface area contributed by atoms with Crippen LogP contribution in [-0.2, 0) is 0 Å². The SMILES string of the molecule is C=C1C(CO)CC(CO)CC1(C)C. The molecule has 13 heavy (non-hydrogen) atoms. The first-order valence-corrected chi connectivity index (χ1v) is 4.92. The third kappa shape index (κ3) is 2.12. The Morgan fingerprint density at radius 1 is 1.38 bits per heavy atom. The zero-order chi connectivity index (χ0) is 10.1. The molecular formula is C11H20O2. The van der Waals surface area contributed by atoms with Crippen molar-refractivity contribution in [3.63, 3.8) is 0 Å². The van der Waals surface area contributed by atoms with E-state index in [0.717, 1.165) is 18.4 Å². The number of hydrogen-bond donors (Lipinski definition) is 2. The van der Waals surface area contributed by atoms with E-state index in [4.69, 9.17) is 10.2 Å². The van der Waals surface area contributed by atoms with Crippen LogP contribution in [0.25, 0.3) is 0 Å². The van der Waals surface area contributed by atoms with Crippen LogP contribution in [0, 0.1) is 17.3 Å². The lowest BCUT2D eigenvalue weighted by atomic mass is 9.65. The standard InChI is InChI=1S/C11H20O2/c1-8-10(7-13)4-9(6-12)5-11(8,2)3/h9-10,12-13H,1,4-7H2,2-3H3. The van der Waals surface area contributed by atoms with Gasteiger partial charge in [-0.2, -0.15) is 0 Å². The topological polar surface area (TPSA) is 40.5 Å². The number of hydrogen-bond acceptors (Lipinski definition) is 2. The van der Waals surface area contributed by atoms with Crippen molar-refractivity contribution in [2.24, 2.45) is 17.3 Å². The minimum Gasteiger partial charge on any atom is -0.396 e. The van der Waals surface area contributed by atoms with Gasteiger partial charge in [0.1, 0.15) is 0 Å². The summed E-state index contributed by atoms with van der Waals surface area (Å²) in [5, 5.41) is 18.3. The van der Waals surface area contributed by atoms with E-state index in [0.29, 0.717) is 5.92 Å². The second kappa shape index (κ2) is 3.81. The minimum atomic E-state index is 0.0685. The fourth-order valence-electron chi connectivity index (χ4n) is 2.36. The van der Waals surface area contributed by atoms with Crippen molar-refractivity contribution >= 4 is 0 Å². The van der Waals surface area contributed by atoms with Crippen LogP contribution in [0.4, 0.5) is 0 Å². The molecule has 2 N–H and O–H groups in total. The van der Waals surface area contributed by atoms with Gasteiger partial charge in [0.2, 0.25) is 0 Å². The van der Waals surface area contributed by atoms with Crippen molar-refractivity contribution in [1.29, 1.82) is 0 Å². The van der Waals surface area contributed by atoms with Gasteiger partial charge in [0.25, 0.3) is 0 Å². The van der Waals surface area contributed by atoms with Crippen LogP contribution in [0.3, 0.4) is 0 Å². The Morgan fingerprint density at radius 3 is 2.46 bits per heavy atom. The Morgan fingerprint density at radius 2 is 2.00 bits per heavy atom. The van der Waals surface area contributed by atoms with Gasteiger partial charge < -0.3 is 10.2 Å². The van der Waals surface area contributed by atoms with E-state index >= 15 is 0 Å². The maximum Gasteiger partial charge on any atom is 0.0496 e. The molecule has 1 fully saturated rings. The molecule has 0 bridgehead atoms. The summed E-state index contributed by atoms with van der Waals surface area (Å²) in [7, 11) is 0. The Labute approximate surface area is 80.3 Å². The molecule has 1 saturated carbocycles. The van der Waals surface area contributed by atoms with Gasteiger partial charge in [0, 0.05) is 19.1 Å². The van der Waals surface area contributed by atoms with Crippen molar-refractivity contribution < 1.29 is 10.2 Å². The Hall–Kier alpha value is -0.340. The van der Waals surface area contributed by atoms with Crippen molar-refractivity contribution in [2.45, 2.75) is 26.7 Å².